The van der Waals surface area contributed by atoms with E-state index >= 15 is 0 Å². The predicted molar refractivity (Wildman–Crippen MR) is 76.6 cm³/mol. The topological polar surface area (TPSA) is 93.7 Å². The number of amides is 1. The van der Waals surface area contributed by atoms with E-state index in [-0.39, 0.29) is 19.1 Å². The molecule has 0 aliphatic carbocycles. The highest BCUT2D eigenvalue weighted by Crippen LogP contribution is 2.33. The normalized spacial score (nSPS) is 21.3. The van der Waals surface area contributed by atoms with Crippen LogP contribution in [0.1, 0.15) is 21.5 Å². The maximum atomic E-state index is 12.2. The number of aromatic nitrogens is 1. The molecule has 6 heteroatoms. The molecule has 2 aromatic rings. The van der Waals surface area contributed by atoms with E-state index in [1.165, 1.54) is 0 Å². The predicted octanol–water partition coefficient (Wildman–Crippen LogP) is -0.736. The second kappa shape index (κ2) is 5.49. The van der Waals surface area contributed by atoms with Gasteiger partial charge in [0.25, 0.3) is 5.91 Å². The minimum Gasteiger partial charge on any atom is -0.393 e. The van der Waals surface area contributed by atoms with E-state index in [1.807, 2.05) is 6.07 Å². The maximum absolute atomic E-state index is 12.2. The van der Waals surface area contributed by atoms with Crippen LogP contribution in [0.4, 0.5) is 0 Å². The summed E-state index contributed by atoms with van der Waals surface area (Å²) in [6.45, 7) is -0.189. The van der Waals surface area contributed by atoms with Crippen LogP contribution in [-0.2, 0) is 12.3 Å². The summed E-state index contributed by atoms with van der Waals surface area (Å²) < 4.78 is 1.61. The molecule has 1 aliphatic rings. The van der Waals surface area contributed by atoms with Crippen molar-refractivity contribution in [2.75, 3.05) is 6.61 Å². The number of aliphatic hydroxyl groups is 3. The number of carbonyl (C=O) groups is 1. The van der Waals surface area contributed by atoms with Gasteiger partial charge in [-0.1, -0.05) is 30.3 Å². The summed E-state index contributed by atoms with van der Waals surface area (Å²) in [6.07, 6.45) is 2.32. The molecule has 0 spiro atoms. The van der Waals surface area contributed by atoms with E-state index in [9.17, 15) is 15.0 Å². The maximum Gasteiger partial charge on any atom is 0.260 e. The van der Waals surface area contributed by atoms with E-state index in [0.29, 0.717) is 16.7 Å². The largest absolute Gasteiger partial charge is 0.393 e. The highest BCUT2D eigenvalue weighted by molar-refractivity contribution is 5.99. The van der Waals surface area contributed by atoms with E-state index in [1.54, 1.807) is 47.3 Å². The van der Waals surface area contributed by atoms with Crippen molar-refractivity contribution in [1.82, 2.24) is 5.32 Å². The standard InChI is InChI=1S/C16H16N2O4/c19-10-12(20)8-18-7-6-14-13(9-18)15(21)17-16(14,22)11-4-2-1-3-5-11/h1-7,9,12,19-20,22H,8,10H2/p+1. The van der Waals surface area contributed by atoms with Gasteiger partial charge < -0.3 is 20.6 Å². The lowest BCUT2D eigenvalue weighted by Gasteiger charge is -2.23. The minimum atomic E-state index is -1.55. The van der Waals surface area contributed by atoms with Crippen molar-refractivity contribution in [2.24, 2.45) is 0 Å². The fraction of sp³-hybridized carbons (Fsp3) is 0.250. The monoisotopic (exact) mass is 301 g/mol. The number of carbonyl (C=O) groups excluding carboxylic acids is 1. The molecule has 1 aromatic carbocycles. The lowest BCUT2D eigenvalue weighted by atomic mass is 9.96. The Balaban J connectivity index is 2.01. The molecule has 0 fully saturated rings. The van der Waals surface area contributed by atoms with Crippen molar-refractivity contribution in [1.29, 1.82) is 0 Å². The first-order valence-corrected chi connectivity index (χ1v) is 6.97. The molecule has 0 radical (unpaired) electrons. The Morgan fingerprint density at radius 1 is 1.23 bits per heavy atom. The van der Waals surface area contributed by atoms with Crippen LogP contribution in [0.15, 0.2) is 48.8 Å². The lowest BCUT2D eigenvalue weighted by Crippen LogP contribution is -2.41. The molecule has 22 heavy (non-hydrogen) atoms. The summed E-state index contributed by atoms with van der Waals surface area (Å²) in [6, 6.07) is 10.5. The van der Waals surface area contributed by atoms with E-state index in [0.717, 1.165) is 0 Å². The minimum absolute atomic E-state index is 0.167. The van der Waals surface area contributed by atoms with Gasteiger partial charge in [0.15, 0.2) is 24.7 Å². The first-order valence-electron chi connectivity index (χ1n) is 6.97. The molecule has 114 valence electrons. The van der Waals surface area contributed by atoms with Crippen molar-refractivity contribution < 1.29 is 24.7 Å². The van der Waals surface area contributed by atoms with E-state index < -0.39 is 11.8 Å². The molecule has 0 saturated carbocycles. The van der Waals surface area contributed by atoms with Gasteiger partial charge in [0, 0.05) is 17.2 Å². The summed E-state index contributed by atoms with van der Waals surface area (Å²) in [5.74, 6) is -0.380. The van der Waals surface area contributed by atoms with Crippen molar-refractivity contribution >= 4 is 5.91 Å². The van der Waals surface area contributed by atoms with Crippen LogP contribution in [-0.4, -0.2) is 33.9 Å². The first kappa shape index (κ1) is 14.6. The van der Waals surface area contributed by atoms with Crippen LogP contribution >= 0.6 is 0 Å². The molecule has 2 heterocycles. The molecule has 4 N–H and O–H groups in total. The van der Waals surface area contributed by atoms with Crippen molar-refractivity contribution in [3.05, 3.63) is 65.5 Å². The fourth-order valence-electron chi connectivity index (χ4n) is 2.66. The number of pyridine rings is 1. The molecule has 6 nitrogen and oxygen atoms in total. The molecular weight excluding hydrogens is 284 g/mol. The number of benzene rings is 1. The van der Waals surface area contributed by atoms with Gasteiger partial charge in [-0.3, -0.25) is 4.79 Å². The number of hydrogen-bond acceptors (Lipinski definition) is 4. The summed E-state index contributed by atoms with van der Waals surface area (Å²) in [5, 5.41) is 31.8. The quantitative estimate of drug-likeness (QED) is 0.560. The number of fused-ring (bicyclic) bond motifs is 1. The van der Waals surface area contributed by atoms with Crippen LogP contribution in [0.25, 0.3) is 0 Å². The van der Waals surface area contributed by atoms with Crippen molar-refractivity contribution in [2.45, 2.75) is 18.4 Å². The molecule has 1 aliphatic heterocycles. The molecule has 1 amide bonds. The number of aliphatic hydroxyl groups excluding tert-OH is 2. The van der Waals surface area contributed by atoms with Gasteiger partial charge in [-0.2, -0.15) is 0 Å². The molecule has 2 unspecified atom stereocenters. The second-order valence-electron chi connectivity index (χ2n) is 5.34. The average Bonchev–Trinajstić information content (AvgIpc) is 2.80. The van der Waals surface area contributed by atoms with Crippen molar-refractivity contribution in [3.63, 3.8) is 0 Å². The molecule has 0 bridgehead atoms. The second-order valence-corrected chi connectivity index (χ2v) is 5.34. The zero-order valence-electron chi connectivity index (χ0n) is 11.8. The third-order valence-corrected chi connectivity index (χ3v) is 3.77. The Morgan fingerprint density at radius 2 is 1.95 bits per heavy atom. The van der Waals surface area contributed by atoms with Crippen LogP contribution in [0.5, 0.6) is 0 Å². The smallest absolute Gasteiger partial charge is 0.260 e. The zero-order chi connectivity index (χ0) is 15.7. The zero-order valence-corrected chi connectivity index (χ0v) is 11.8. The number of hydrogen-bond donors (Lipinski definition) is 4. The summed E-state index contributed by atoms with van der Waals surface area (Å²) in [4.78, 5) is 12.2. The number of nitrogens with zero attached hydrogens (tertiary/aromatic N) is 1. The van der Waals surface area contributed by atoms with Crippen LogP contribution in [0.2, 0.25) is 0 Å². The van der Waals surface area contributed by atoms with Gasteiger partial charge in [0.2, 0.25) is 0 Å². The average molecular weight is 301 g/mol. The fourth-order valence-corrected chi connectivity index (χ4v) is 2.66. The molecule has 0 saturated heterocycles. The molecule has 2 atom stereocenters. The highest BCUT2D eigenvalue weighted by atomic mass is 16.3. The van der Waals surface area contributed by atoms with E-state index in [2.05, 4.69) is 5.32 Å². The summed E-state index contributed by atoms with van der Waals surface area (Å²) >= 11 is 0. The van der Waals surface area contributed by atoms with Gasteiger partial charge in [-0.15, -0.1) is 0 Å². The Kier molecular flexibility index (Phi) is 3.66. The molecule has 3 rings (SSSR count). The van der Waals surface area contributed by atoms with Crippen LogP contribution in [0, 0.1) is 0 Å². The highest BCUT2D eigenvalue weighted by Gasteiger charge is 2.44. The van der Waals surface area contributed by atoms with Gasteiger partial charge in [0.05, 0.1) is 6.61 Å². The summed E-state index contributed by atoms with van der Waals surface area (Å²) in [5.41, 5.74) is -0.157. The Labute approximate surface area is 127 Å². The number of nitrogens with one attached hydrogen (secondary N) is 1. The third-order valence-electron chi connectivity index (χ3n) is 3.77. The Bertz CT molecular complexity index is 705. The number of rotatable bonds is 4. The molecular formula is C16H17N2O4+. The van der Waals surface area contributed by atoms with Gasteiger partial charge >= 0.3 is 0 Å². The Hall–Kier alpha value is -2.28. The summed E-state index contributed by atoms with van der Waals surface area (Å²) in [7, 11) is 0. The van der Waals surface area contributed by atoms with Gasteiger partial charge in [0.1, 0.15) is 11.7 Å². The van der Waals surface area contributed by atoms with Crippen molar-refractivity contribution in [3.8, 4) is 0 Å². The van der Waals surface area contributed by atoms with Crippen LogP contribution in [0.3, 0.4) is 0 Å². The Morgan fingerprint density at radius 3 is 2.64 bits per heavy atom. The third kappa shape index (κ3) is 2.37. The lowest BCUT2D eigenvalue weighted by molar-refractivity contribution is -0.704. The SMILES string of the molecule is O=C1NC(O)(c2ccccc2)c2cc[n+](CC(O)CO)cc21. The van der Waals surface area contributed by atoms with Gasteiger partial charge in [-0.25, -0.2) is 4.57 Å². The van der Waals surface area contributed by atoms with E-state index in [4.69, 9.17) is 5.11 Å². The van der Waals surface area contributed by atoms with Gasteiger partial charge in [-0.05, 0) is 0 Å². The van der Waals surface area contributed by atoms with Crippen LogP contribution < -0.4 is 9.88 Å². The molecule has 1 aromatic heterocycles. The first-order chi connectivity index (χ1) is 10.5.